The number of ether oxygens (including phenoxy) is 1. The van der Waals surface area contributed by atoms with Gasteiger partial charge in [0.05, 0.1) is 0 Å². The highest BCUT2D eigenvalue weighted by atomic mass is 19.4. The molecule has 0 saturated carbocycles. The number of halogens is 3. The second kappa shape index (κ2) is 5.49. The summed E-state index contributed by atoms with van der Waals surface area (Å²) < 4.78 is 42.0. The normalized spacial score (nSPS) is 14.3. The molecule has 1 aromatic rings. The smallest absolute Gasteiger partial charge is 0.426 e. The minimum atomic E-state index is -5.09. The predicted molar refractivity (Wildman–Crippen MR) is 63.1 cm³/mol. The summed E-state index contributed by atoms with van der Waals surface area (Å²) in [5.41, 5.74) is -3.47. The van der Waals surface area contributed by atoms with Gasteiger partial charge in [0.2, 0.25) is 5.60 Å². The van der Waals surface area contributed by atoms with Crippen LogP contribution < -0.4 is 10.1 Å². The largest absolute Gasteiger partial charge is 0.427 e. The Bertz CT molecular complexity index is 508. The van der Waals surface area contributed by atoms with E-state index in [1.165, 1.54) is 31.2 Å². The van der Waals surface area contributed by atoms with Crippen LogP contribution in [-0.2, 0) is 9.59 Å². The lowest BCUT2D eigenvalue weighted by molar-refractivity contribution is -0.242. The molecule has 0 saturated heterocycles. The quantitative estimate of drug-likeness (QED) is 0.658. The molecule has 2 N–H and O–H groups in total. The van der Waals surface area contributed by atoms with Crippen molar-refractivity contribution in [2.75, 3.05) is 5.32 Å². The van der Waals surface area contributed by atoms with Crippen LogP contribution in [0.1, 0.15) is 13.8 Å². The summed E-state index contributed by atoms with van der Waals surface area (Å²) in [6, 6.07) is 5.06. The van der Waals surface area contributed by atoms with Gasteiger partial charge in [-0.3, -0.25) is 9.59 Å². The first-order valence-electron chi connectivity index (χ1n) is 5.43. The van der Waals surface area contributed by atoms with Gasteiger partial charge in [-0.25, -0.2) is 0 Å². The molecule has 20 heavy (non-hydrogen) atoms. The van der Waals surface area contributed by atoms with Gasteiger partial charge in [0.25, 0.3) is 5.91 Å². The van der Waals surface area contributed by atoms with E-state index >= 15 is 0 Å². The SMILES string of the molecule is CC(=O)Oc1ccc(NC(=O)C(C)(O)C(F)(F)F)cc1. The number of amides is 1. The molecule has 0 fully saturated rings. The number of esters is 1. The van der Waals surface area contributed by atoms with E-state index in [0.29, 0.717) is 6.92 Å². The number of nitrogens with one attached hydrogen (secondary N) is 1. The van der Waals surface area contributed by atoms with Gasteiger partial charge in [0.1, 0.15) is 5.75 Å². The fourth-order valence-electron chi connectivity index (χ4n) is 1.15. The number of benzene rings is 1. The molecule has 0 radical (unpaired) electrons. The topological polar surface area (TPSA) is 75.6 Å². The molecular weight excluding hydrogens is 279 g/mol. The Morgan fingerprint density at radius 1 is 1.20 bits per heavy atom. The third-order valence-electron chi connectivity index (χ3n) is 2.37. The molecule has 1 atom stereocenters. The van der Waals surface area contributed by atoms with Crippen LogP contribution in [-0.4, -0.2) is 28.8 Å². The standard InChI is InChI=1S/C12H12F3NO4/c1-7(17)20-9-5-3-8(4-6-9)16-10(18)11(2,19)12(13,14)15/h3-6,19H,1-2H3,(H,16,18). The van der Waals surface area contributed by atoms with Gasteiger partial charge < -0.3 is 15.2 Å². The van der Waals surface area contributed by atoms with Crippen molar-refractivity contribution in [2.24, 2.45) is 0 Å². The van der Waals surface area contributed by atoms with Crippen molar-refractivity contribution in [1.29, 1.82) is 0 Å². The summed E-state index contributed by atoms with van der Waals surface area (Å²) in [4.78, 5) is 22.0. The minimum absolute atomic E-state index is 0.0235. The zero-order valence-electron chi connectivity index (χ0n) is 10.6. The maximum absolute atomic E-state index is 12.4. The summed E-state index contributed by atoms with van der Waals surface area (Å²) >= 11 is 0. The van der Waals surface area contributed by atoms with Gasteiger partial charge in [0.15, 0.2) is 0 Å². The second-order valence-electron chi connectivity index (χ2n) is 4.14. The van der Waals surface area contributed by atoms with E-state index in [1.807, 2.05) is 5.32 Å². The fraction of sp³-hybridized carbons (Fsp3) is 0.333. The number of alkyl halides is 3. The number of carbonyl (C=O) groups excluding carboxylic acids is 2. The lowest BCUT2D eigenvalue weighted by Crippen LogP contribution is -2.52. The van der Waals surface area contributed by atoms with Crippen molar-refractivity contribution in [3.63, 3.8) is 0 Å². The average molecular weight is 291 g/mol. The van der Waals surface area contributed by atoms with Crippen molar-refractivity contribution < 1.29 is 32.6 Å². The molecule has 1 amide bonds. The van der Waals surface area contributed by atoms with Crippen LogP contribution in [0.15, 0.2) is 24.3 Å². The fourth-order valence-corrected chi connectivity index (χ4v) is 1.15. The van der Waals surface area contributed by atoms with Crippen molar-refractivity contribution in [2.45, 2.75) is 25.6 Å². The Morgan fingerprint density at radius 2 is 1.70 bits per heavy atom. The summed E-state index contributed by atoms with van der Waals surface area (Å²) in [6.45, 7) is 1.55. The Labute approximate surface area is 112 Å². The zero-order valence-corrected chi connectivity index (χ0v) is 10.6. The molecule has 0 spiro atoms. The first-order chi connectivity index (χ1) is 9.04. The van der Waals surface area contributed by atoms with Crippen LogP contribution >= 0.6 is 0 Å². The lowest BCUT2D eigenvalue weighted by Gasteiger charge is -2.24. The highest BCUT2D eigenvalue weighted by molar-refractivity contribution is 5.97. The van der Waals surface area contributed by atoms with Crippen LogP contribution in [0.4, 0.5) is 18.9 Å². The van der Waals surface area contributed by atoms with E-state index in [9.17, 15) is 22.8 Å². The van der Waals surface area contributed by atoms with Crippen molar-refractivity contribution in [3.8, 4) is 5.75 Å². The monoisotopic (exact) mass is 291 g/mol. The molecule has 1 rings (SSSR count). The molecule has 0 aliphatic rings. The lowest BCUT2D eigenvalue weighted by atomic mass is 10.1. The van der Waals surface area contributed by atoms with Gasteiger partial charge in [-0.15, -0.1) is 0 Å². The van der Waals surface area contributed by atoms with E-state index in [1.54, 1.807) is 0 Å². The van der Waals surface area contributed by atoms with Crippen LogP contribution in [0, 0.1) is 0 Å². The molecule has 0 bridgehead atoms. The highest BCUT2D eigenvalue weighted by Crippen LogP contribution is 2.31. The Morgan fingerprint density at radius 3 is 2.10 bits per heavy atom. The molecule has 8 heteroatoms. The Kier molecular flexibility index (Phi) is 4.39. The van der Waals surface area contributed by atoms with Crippen LogP contribution in [0.3, 0.4) is 0 Å². The van der Waals surface area contributed by atoms with Crippen LogP contribution in [0.2, 0.25) is 0 Å². The first kappa shape index (κ1) is 16.0. The van der Waals surface area contributed by atoms with Gasteiger partial charge in [-0.2, -0.15) is 13.2 Å². The predicted octanol–water partition coefficient (Wildman–Crippen LogP) is 1.86. The number of hydrogen-bond donors (Lipinski definition) is 2. The van der Waals surface area contributed by atoms with Gasteiger partial charge >= 0.3 is 12.1 Å². The van der Waals surface area contributed by atoms with Crippen molar-refractivity contribution in [3.05, 3.63) is 24.3 Å². The van der Waals surface area contributed by atoms with E-state index in [4.69, 9.17) is 9.84 Å². The molecule has 0 aliphatic carbocycles. The highest BCUT2D eigenvalue weighted by Gasteiger charge is 2.55. The third-order valence-corrected chi connectivity index (χ3v) is 2.37. The molecule has 110 valence electrons. The van der Waals surface area contributed by atoms with Gasteiger partial charge in [0, 0.05) is 12.6 Å². The molecule has 0 heterocycles. The van der Waals surface area contributed by atoms with E-state index in [2.05, 4.69) is 0 Å². The Balaban J connectivity index is 2.79. The number of anilines is 1. The van der Waals surface area contributed by atoms with E-state index < -0.39 is 23.7 Å². The number of aliphatic hydroxyl groups is 1. The van der Waals surface area contributed by atoms with Crippen molar-refractivity contribution >= 4 is 17.6 Å². The van der Waals surface area contributed by atoms with E-state index in [-0.39, 0.29) is 11.4 Å². The third kappa shape index (κ3) is 3.70. The number of rotatable bonds is 3. The summed E-state index contributed by atoms with van der Waals surface area (Å²) in [5.74, 6) is -1.98. The molecule has 0 aliphatic heterocycles. The van der Waals surface area contributed by atoms with Gasteiger partial charge in [-0.1, -0.05) is 0 Å². The summed E-state index contributed by atoms with van der Waals surface area (Å²) in [6.07, 6.45) is -5.09. The van der Waals surface area contributed by atoms with Gasteiger partial charge in [-0.05, 0) is 31.2 Å². The zero-order chi connectivity index (χ0) is 15.6. The molecular formula is C12H12F3NO4. The summed E-state index contributed by atoms with van der Waals surface area (Å²) in [7, 11) is 0. The summed E-state index contributed by atoms with van der Waals surface area (Å²) in [5, 5.41) is 11.1. The Hall–Kier alpha value is -2.09. The van der Waals surface area contributed by atoms with Crippen LogP contribution in [0.5, 0.6) is 5.75 Å². The minimum Gasteiger partial charge on any atom is -0.427 e. The number of carbonyl (C=O) groups is 2. The van der Waals surface area contributed by atoms with Crippen LogP contribution in [0.25, 0.3) is 0 Å². The molecule has 0 aromatic heterocycles. The maximum atomic E-state index is 12.4. The molecule has 5 nitrogen and oxygen atoms in total. The maximum Gasteiger partial charge on any atom is 0.426 e. The molecule has 1 aromatic carbocycles. The average Bonchev–Trinajstić information content (AvgIpc) is 2.29. The molecule has 1 unspecified atom stereocenters. The second-order valence-corrected chi connectivity index (χ2v) is 4.14. The van der Waals surface area contributed by atoms with Crippen molar-refractivity contribution in [1.82, 2.24) is 0 Å². The first-order valence-corrected chi connectivity index (χ1v) is 5.43. The number of hydrogen-bond acceptors (Lipinski definition) is 4. The van der Waals surface area contributed by atoms with E-state index in [0.717, 1.165) is 0 Å².